The first-order valence-electron chi connectivity index (χ1n) is 5.86. The summed E-state index contributed by atoms with van der Waals surface area (Å²) in [4.78, 5) is 24.0. The molecule has 0 spiro atoms. The summed E-state index contributed by atoms with van der Waals surface area (Å²) in [7, 11) is 0. The molecule has 1 aromatic carbocycles. The van der Waals surface area contributed by atoms with Crippen LogP contribution in [0.4, 0.5) is 5.69 Å². The molecule has 0 saturated carbocycles. The van der Waals surface area contributed by atoms with Gasteiger partial charge in [0, 0.05) is 13.9 Å². The van der Waals surface area contributed by atoms with Gasteiger partial charge in [0.2, 0.25) is 0 Å². The van der Waals surface area contributed by atoms with E-state index in [9.17, 15) is 9.59 Å². The molecule has 0 aliphatic carbocycles. The molecule has 4 nitrogen and oxygen atoms in total. The van der Waals surface area contributed by atoms with E-state index in [1.54, 1.807) is 23.5 Å². The predicted octanol–water partition coefficient (Wildman–Crippen LogP) is 4.68. The van der Waals surface area contributed by atoms with Crippen LogP contribution in [0, 0.1) is 0 Å². The highest BCUT2D eigenvalue weighted by Crippen LogP contribution is 2.31. The van der Waals surface area contributed by atoms with Crippen molar-refractivity contribution in [3.05, 3.63) is 50.6 Å². The number of halogens is 1. The normalized spacial score (nSPS) is 10.7. The van der Waals surface area contributed by atoms with Gasteiger partial charge >= 0.3 is 5.97 Å². The Labute approximate surface area is 136 Å². The van der Waals surface area contributed by atoms with Gasteiger partial charge in [0.15, 0.2) is 0 Å². The van der Waals surface area contributed by atoms with Crippen molar-refractivity contribution in [3.8, 4) is 0 Å². The Balaban J connectivity index is 1.92. The largest absolute Gasteiger partial charge is 0.478 e. The Bertz CT molecular complexity index is 824. The van der Waals surface area contributed by atoms with E-state index in [1.807, 2.05) is 17.5 Å². The van der Waals surface area contributed by atoms with Crippen LogP contribution in [0.1, 0.15) is 20.0 Å². The number of carbonyl (C=O) groups excluding carboxylic acids is 1. The number of carboxylic acid groups (broad SMARTS) is 1. The minimum absolute atomic E-state index is 0.0601. The SMILES string of the molecule is O=C(Nc1cc(Br)ccc1C(=O)O)c1cc2sccc2s1. The Morgan fingerprint density at radius 2 is 1.95 bits per heavy atom. The van der Waals surface area contributed by atoms with Crippen LogP contribution in [0.3, 0.4) is 0 Å². The van der Waals surface area contributed by atoms with Gasteiger partial charge in [-0.05, 0) is 35.7 Å². The molecule has 0 saturated heterocycles. The molecule has 2 aromatic heterocycles. The van der Waals surface area contributed by atoms with Crippen LogP contribution in [-0.4, -0.2) is 17.0 Å². The zero-order valence-electron chi connectivity index (χ0n) is 10.4. The van der Waals surface area contributed by atoms with E-state index in [1.165, 1.54) is 17.4 Å². The van der Waals surface area contributed by atoms with Crippen LogP contribution in [0.2, 0.25) is 0 Å². The Kier molecular flexibility index (Phi) is 3.79. The number of anilines is 1. The molecule has 3 rings (SSSR count). The van der Waals surface area contributed by atoms with E-state index in [-0.39, 0.29) is 17.2 Å². The molecule has 2 N–H and O–H groups in total. The van der Waals surface area contributed by atoms with Crippen molar-refractivity contribution >= 4 is 65.6 Å². The number of aromatic carboxylic acids is 1. The van der Waals surface area contributed by atoms with Gasteiger partial charge in [0.1, 0.15) is 0 Å². The molecule has 7 heteroatoms. The van der Waals surface area contributed by atoms with Gasteiger partial charge in [-0.15, -0.1) is 22.7 Å². The second kappa shape index (κ2) is 5.59. The van der Waals surface area contributed by atoms with E-state index in [0.717, 1.165) is 9.40 Å². The summed E-state index contributed by atoms with van der Waals surface area (Å²) >= 11 is 6.23. The van der Waals surface area contributed by atoms with Crippen molar-refractivity contribution in [2.75, 3.05) is 5.32 Å². The monoisotopic (exact) mass is 381 g/mol. The molecular formula is C14H8BrNO3S2. The van der Waals surface area contributed by atoms with Crippen LogP contribution in [0.5, 0.6) is 0 Å². The molecule has 0 atom stereocenters. The van der Waals surface area contributed by atoms with E-state index < -0.39 is 5.97 Å². The van der Waals surface area contributed by atoms with Crippen molar-refractivity contribution in [2.24, 2.45) is 0 Å². The maximum absolute atomic E-state index is 12.3. The van der Waals surface area contributed by atoms with Crippen molar-refractivity contribution in [3.63, 3.8) is 0 Å². The minimum atomic E-state index is -1.08. The Morgan fingerprint density at radius 1 is 1.14 bits per heavy atom. The van der Waals surface area contributed by atoms with Gasteiger partial charge in [-0.3, -0.25) is 4.79 Å². The van der Waals surface area contributed by atoms with E-state index in [4.69, 9.17) is 5.11 Å². The smallest absolute Gasteiger partial charge is 0.337 e. The molecule has 2 heterocycles. The third kappa shape index (κ3) is 2.85. The molecule has 21 heavy (non-hydrogen) atoms. The highest BCUT2D eigenvalue weighted by Gasteiger charge is 2.16. The topological polar surface area (TPSA) is 66.4 Å². The highest BCUT2D eigenvalue weighted by atomic mass is 79.9. The molecule has 3 aromatic rings. The summed E-state index contributed by atoms with van der Waals surface area (Å²) in [5.41, 5.74) is 0.337. The maximum atomic E-state index is 12.3. The average molecular weight is 382 g/mol. The number of hydrogen-bond donors (Lipinski definition) is 2. The number of carbonyl (C=O) groups is 2. The molecule has 0 bridgehead atoms. The number of rotatable bonds is 3. The molecule has 0 aliphatic heterocycles. The van der Waals surface area contributed by atoms with Crippen LogP contribution in [0.25, 0.3) is 9.40 Å². The number of hydrogen-bond acceptors (Lipinski definition) is 4. The standard InChI is InChI=1S/C14H8BrNO3S2/c15-7-1-2-8(14(18)19)9(5-7)16-13(17)12-6-11-10(21-12)3-4-20-11/h1-6H,(H,16,17)(H,18,19). The second-order valence-electron chi connectivity index (χ2n) is 4.21. The van der Waals surface area contributed by atoms with E-state index in [0.29, 0.717) is 9.35 Å². The number of fused-ring (bicyclic) bond motifs is 1. The minimum Gasteiger partial charge on any atom is -0.478 e. The van der Waals surface area contributed by atoms with Gasteiger partial charge < -0.3 is 10.4 Å². The predicted molar refractivity (Wildman–Crippen MR) is 88.8 cm³/mol. The third-order valence-corrected chi connectivity index (χ3v) is 5.41. The summed E-state index contributed by atoms with van der Waals surface area (Å²) in [6, 6.07) is 8.44. The molecule has 0 radical (unpaired) electrons. The Morgan fingerprint density at radius 3 is 2.67 bits per heavy atom. The number of nitrogens with one attached hydrogen (secondary N) is 1. The number of benzene rings is 1. The zero-order valence-corrected chi connectivity index (χ0v) is 13.6. The maximum Gasteiger partial charge on any atom is 0.337 e. The summed E-state index contributed by atoms with van der Waals surface area (Å²) in [5, 5.41) is 13.8. The lowest BCUT2D eigenvalue weighted by atomic mass is 10.2. The van der Waals surface area contributed by atoms with Crippen molar-refractivity contribution < 1.29 is 14.7 Å². The lowest BCUT2D eigenvalue weighted by molar-refractivity contribution is 0.0698. The molecular weight excluding hydrogens is 374 g/mol. The van der Waals surface area contributed by atoms with Crippen LogP contribution in [0.15, 0.2) is 40.2 Å². The van der Waals surface area contributed by atoms with Crippen molar-refractivity contribution in [2.45, 2.75) is 0 Å². The molecule has 0 fully saturated rings. The summed E-state index contributed by atoms with van der Waals surface area (Å²) in [5.74, 6) is -1.38. The van der Waals surface area contributed by atoms with E-state index >= 15 is 0 Å². The van der Waals surface area contributed by atoms with Gasteiger partial charge in [-0.2, -0.15) is 0 Å². The fourth-order valence-corrected chi connectivity index (χ4v) is 4.23. The fourth-order valence-electron chi connectivity index (χ4n) is 1.87. The third-order valence-electron chi connectivity index (χ3n) is 2.82. The number of carboxylic acids is 1. The quantitative estimate of drug-likeness (QED) is 0.692. The van der Waals surface area contributed by atoms with Crippen molar-refractivity contribution in [1.29, 1.82) is 0 Å². The summed E-state index contributed by atoms with van der Waals surface area (Å²) in [6.07, 6.45) is 0. The zero-order chi connectivity index (χ0) is 15.0. The van der Waals surface area contributed by atoms with Crippen LogP contribution in [-0.2, 0) is 0 Å². The van der Waals surface area contributed by atoms with Crippen LogP contribution < -0.4 is 5.32 Å². The van der Waals surface area contributed by atoms with E-state index in [2.05, 4.69) is 21.2 Å². The first-order valence-corrected chi connectivity index (χ1v) is 8.35. The molecule has 1 amide bonds. The second-order valence-corrected chi connectivity index (χ2v) is 7.16. The lowest BCUT2D eigenvalue weighted by Gasteiger charge is -2.08. The van der Waals surface area contributed by atoms with Gasteiger partial charge in [0.05, 0.1) is 16.1 Å². The van der Waals surface area contributed by atoms with Crippen molar-refractivity contribution in [1.82, 2.24) is 0 Å². The fraction of sp³-hybridized carbons (Fsp3) is 0. The highest BCUT2D eigenvalue weighted by molar-refractivity contribution is 9.10. The van der Waals surface area contributed by atoms with Gasteiger partial charge in [-0.25, -0.2) is 4.79 Å². The Hall–Kier alpha value is -1.70. The number of amides is 1. The first-order chi connectivity index (χ1) is 10.0. The average Bonchev–Trinajstić information content (AvgIpc) is 2.98. The molecule has 106 valence electrons. The van der Waals surface area contributed by atoms with Gasteiger partial charge in [-0.1, -0.05) is 15.9 Å². The lowest BCUT2D eigenvalue weighted by Crippen LogP contribution is -2.13. The molecule has 0 aliphatic rings. The van der Waals surface area contributed by atoms with Gasteiger partial charge in [0.25, 0.3) is 5.91 Å². The number of thiophene rings is 2. The molecule has 0 unspecified atom stereocenters. The summed E-state index contributed by atoms with van der Waals surface area (Å²) in [6.45, 7) is 0. The van der Waals surface area contributed by atoms with Crippen LogP contribution >= 0.6 is 38.6 Å². The summed E-state index contributed by atoms with van der Waals surface area (Å²) < 4.78 is 2.81. The first kappa shape index (κ1) is 14.2.